The number of nitrogens with one attached hydrogen (secondary N) is 1. The normalized spacial score (nSPS) is 13.8. The van der Waals surface area contributed by atoms with Crippen molar-refractivity contribution in [1.82, 2.24) is 15.0 Å². The summed E-state index contributed by atoms with van der Waals surface area (Å²) in [5, 5.41) is 10.5. The summed E-state index contributed by atoms with van der Waals surface area (Å²) in [7, 11) is 0. The van der Waals surface area contributed by atoms with Crippen LogP contribution in [0.3, 0.4) is 0 Å². The highest BCUT2D eigenvalue weighted by atomic mass is 32.1. The van der Waals surface area contributed by atoms with Gasteiger partial charge in [-0.3, -0.25) is 4.98 Å². The van der Waals surface area contributed by atoms with Crippen LogP contribution in [0.4, 0.5) is 0 Å². The lowest BCUT2D eigenvalue weighted by Crippen LogP contribution is -2.14. The summed E-state index contributed by atoms with van der Waals surface area (Å²) < 4.78 is 5.58. The molecule has 0 amide bonds. The summed E-state index contributed by atoms with van der Waals surface area (Å²) >= 11 is 3.06. The Bertz CT molecular complexity index is 810. The van der Waals surface area contributed by atoms with Gasteiger partial charge in [-0.25, -0.2) is 9.97 Å². The van der Waals surface area contributed by atoms with Crippen molar-refractivity contribution in [3.8, 4) is 25.5 Å². The fourth-order valence-electron chi connectivity index (χ4n) is 2.06. The predicted molar refractivity (Wildman–Crippen MR) is 83.4 cm³/mol. The molecule has 0 radical (unpaired) electrons. The first kappa shape index (κ1) is 12.6. The zero-order chi connectivity index (χ0) is 14.2. The topological polar surface area (TPSA) is 71.8 Å². The van der Waals surface area contributed by atoms with Crippen LogP contribution in [0.5, 0.6) is 5.06 Å². The van der Waals surface area contributed by atoms with Crippen LogP contribution in [0, 0.1) is 5.41 Å². The number of rotatable bonds is 2. The molecule has 3 aromatic rings. The second kappa shape index (κ2) is 5.01. The van der Waals surface area contributed by atoms with E-state index in [0.29, 0.717) is 24.4 Å². The van der Waals surface area contributed by atoms with Crippen LogP contribution in [-0.4, -0.2) is 27.3 Å². The Morgan fingerprint density at radius 1 is 1.19 bits per heavy atom. The molecule has 0 fully saturated rings. The van der Waals surface area contributed by atoms with Crippen LogP contribution >= 0.6 is 22.7 Å². The highest BCUT2D eigenvalue weighted by Crippen LogP contribution is 2.40. The van der Waals surface area contributed by atoms with Gasteiger partial charge in [0.25, 0.3) is 0 Å². The number of nitrogens with zero attached hydrogens (tertiary/aromatic N) is 3. The Labute approximate surface area is 128 Å². The summed E-state index contributed by atoms with van der Waals surface area (Å²) in [5.41, 5.74) is 2.23. The minimum Gasteiger partial charge on any atom is -0.482 e. The lowest BCUT2D eigenvalue weighted by molar-refractivity contribution is 0.329. The summed E-state index contributed by atoms with van der Waals surface area (Å²) in [5.74, 6) is 0. The third kappa shape index (κ3) is 2.24. The van der Waals surface area contributed by atoms with Crippen molar-refractivity contribution in [1.29, 1.82) is 5.41 Å². The second-order valence-electron chi connectivity index (χ2n) is 4.50. The molecule has 0 bridgehead atoms. The second-order valence-corrected chi connectivity index (χ2v) is 6.50. The molecule has 21 heavy (non-hydrogen) atoms. The third-order valence-electron chi connectivity index (χ3n) is 3.09. The van der Waals surface area contributed by atoms with E-state index in [1.807, 2.05) is 18.3 Å². The summed E-state index contributed by atoms with van der Waals surface area (Å²) in [6.45, 7) is 0.567. The number of aromatic nitrogens is 3. The van der Waals surface area contributed by atoms with Crippen molar-refractivity contribution < 1.29 is 4.74 Å². The number of hydrogen-bond acceptors (Lipinski definition) is 7. The van der Waals surface area contributed by atoms with E-state index in [1.54, 1.807) is 23.7 Å². The van der Waals surface area contributed by atoms with Crippen molar-refractivity contribution >= 4 is 28.4 Å². The molecule has 1 aliphatic rings. The Hall–Kier alpha value is -2.12. The van der Waals surface area contributed by atoms with Gasteiger partial charge < -0.3 is 10.1 Å². The van der Waals surface area contributed by atoms with Gasteiger partial charge in [-0.1, -0.05) is 11.3 Å². The molecule has 0 aliphatic carbocycles. The lowest BCUT2D eigenvalue weighted by atomic mass is 10.2. The van der Waals surface area contributed by atoms with E-state index in [1.165, 1.54) is 11.3 Å². The van der Waals surface area contributed by atoms with Gasteiger partial charge in [-0.2, -0.15) is 0 Å². The maximum absolute atomic E-state index is 7.93. The van der Waals surface area contributed by atoms with Gasteiger partial charge >= 0.3 is 0 Å². The minimum atomic E-state index is 0.552. The van der Waals surface area contributed by atoms with Gasteiger partial charge in [-0.05, 0) is 12.1 Å². The maximum atomic E-state index is 7.93. The first-order chi connectivity index (χ1) is 10.3. The van der Waals surface area contributed by atoms with Gasteiger partial charge in [0.1, 0.15) is 15.7 Å². The van der Waals surface area contributed by atoms with Gasteiger partial charge in [0, 0.05) is 30.6 Å². The molecule has 0 saturated carbocycles. The molecule has 4 heterocycles. The number of ether oxygens (including phenoxy) is 1. The van der Waals surface area contributed by atoms with Crippen LogP contribution in [0.15, 0.2) is 30.7 Å². The standard InChI is InChI=1S/C14H10N4OS2/c15-9-3-5-19-14-11(9)18-13(21-14)10-7-17-12(20-10)8-2-1-4-16-6-8/h1-2,4,6-7,15H,3,5H2. The molecular formula is C14H10N4OS2. The van der Waals surface area contributed by atoms with Crippen molar-refractivity contribution in [3.05, 3.63) is 36.4 Å². The van der Waals surface area contributed by atoms with Crippen molar-refractivity contribution in [2.24, 2.45) is 0 Å². The molecule has 3 aromatic heterocycles. The summed E-state index contributed by atoms with van der Waals surface area (Å²) in [4.78, 5) is 14.1. The van der Waals surface area contributed by atoms with E-state index in [-0.39, 0.29) is 0 Å². The largest absolute Gasteiger partial charge is 0.482 e. The Balaban J connectivity index is 1.72. The van der Waals surface area contributed by atoms with E-state index in [0.717, 1.165) is 25.5 Å². The molecule has 7 heteroatoms. The van der Waals surface area contributed by atoms with Crippen molar-refractivity contribution in [3.63, 3.8) is 0 Å². The van der Waals surface area contributed by atoms with E-state index < -0.39 is 0 Å². The van der Waals surface area contributed by atoms with Crippen LogP contribution < -0.4 is 4.74 Å². The average Bonchev–Trinajstić information content (AvgIpc) is 3.15. The molecule has 0 unspecified atom stereocenters. The van der Waals surface area contributed by atoms with E-state index in [4.69, 9.17) is 10.1 Å². The Morgan fingerprint density at radius 2 is 2.14 bits per heavy atom. The third-order valence-corrected chi connectivity index (χ3v) is 5.28. The zero-order valence-electron chi connectivity index (χ0n) is 10.9. The average molecular weight is 314 g/mol. The molecule has 0 aromatic carbocycles. The smallest absolute Gasteiger partial charge is 0.204 e. The number of fused-ring (bicyclic) bond motifs is 1. The molecule has 0 spiro atoms. The fraction of sp³-hybridized carbons (Fsp3) is 0.143. The molecule has 4 rings (SSSR count). The first-order valence-electron chi connectivity index (χ1n) is 6.39. The van der Waals surface area contributed by atoms with Crippen LogP contribution in [-0.2, 0) is 0 Å². The van der Waals surface area contributed by atoms with E-state index in [9.17, 15) is 0 Å². The number of thiazole rings is 2. The van der Waals surface area contributed by atoms with E-state index in [2.05, 4.69) is 15.0 Å². The molecule has 1 aliphatic heterocycles. The van der Waals surface area contributed by atoms with Gasteiger partial charge in [0.05, 0.1) is 17.2 Å². The fourth-order valence-corrected chi connectivity index (χ4v) is 3.97. The van der Waals surface area contributed by atoms with Crippen LogP contribution in [0.25, 0.3) is 20.5 Å². The van der Waals surface area contributed by atoms with Gasteiger partial charge in [0.2, 0.25) is 5.06 Å². The quantitative estimate of drug-likeness (QED) is 0.786. The molecular weight excluding hydrogens is 304 g/mol. The molecule has 0 saturated heterocycles. The maximum Gasteiger partial charge on any atom is 0.204 e. The predicted octanol–water partition coefficient (Wildman–Crippen LogP) is 3.48. The zero-order valence-corrected chi connectivity index (χ0v) is 12.5. The van der Waals surface area contributed by atoms with Crippen LogP contribution in [0.2, 0.25) is 0 Å². The van der Waals surface area contributed by atoms with Gasteiger partial charge in [-0.15, -0.1) is 11.3 Å². The summed E-state index contributed by atoms with van der Waals surface area (Å²) in [6.07, 6.45) is 5.99. The monoisotopic (exact) mass is 314 g/mol. The minimum absolute atomic E-state index is 0.552. The lowest BCUT2D eigenvalue weighted by Gasteiger charge is -2.11. The Morgan fingerprint density at radius 3 is 2.95 bits per heavy atom. The molecule has 0 atom stereocenters. The molecule has 1 N–H and O–H groups in total. The SMILES string of the molecule is N=C1CCOc2sc(-c3cnc(-c4cccnc4)s3)nc21. The highest BCUT2D eigenvalue weighted by molar-refractivity contribution is 7.24. The molecule has 5 nitrogen and oxygen atoms in total. The van der Waals surface area contributed by atoms with Crippen LogP contribution in [0.1, 0.15) is 12.1 Å². The first-order valence-corrected chi connectivity index (χ1v) is 8.02. The number of pyridine rings is 1. The van der Waals surface area contributed by atoms with Crippen molar-refractivity contribution in [2.75, 3.05) is 6.61 Å². The van der Waals surface area contributed by atoms with E-state index >= 15 is 0 Å². The van der Waals surface area contributed by atoms with Crippen molar-refractivity contribution in [2.45, 2.75) is 6.42 Å². The number of hydrogen-bond donors (Lipinski definition) is 1. The highest BCUT2D eigenvalue weighted by Gasteiger charge is 2.22. The molecule has 104 valence electrons. The summed E-state index contributed by atoms with van der Waals surface area (Å²) in [6, 6.07) is 3.88. The Kier molecular flexibility index (Phi) is 3.01. The van der Waals surface area contributed by atoms with Gasteiger partial charge in [0.15, 0.2) is 0 Å².